The number of methoxy groups -OCH3 is 1. The predicted octanol–water partition coefficient (Wildman–Crippen LogP) is 5.68. The topological polar surface area (TPSA) is 9.23 Å². The molecule has 1 unspecified atom stereocenters. The molecule has 2 aromatic carbocycles. The second-order valence-electron chi connectivity index (χ2n) is 4.19. The number of benzene rings is 2. The van der Waals surface area contributed by atoms with Crippen molar-refractivity contribution >= 4 is 39.1 Å². The Labute approximate surface area is 131 Å². The maximum Gasteiger partial charge on any atom is 0.123 e. The van der Waals surface area contributed by atoms with Gasteiger partial charge in [-0.3, -0.25) is 0 Å². The number of halogens is 3. The molecule has 0 fully saturated rings. The van der Waals surface area contributed by atoms with Gasteiger partial charge in [0.15, 0.2) is 0 Å². The Morgan fingerprint density at radius 2 is 1.84 bits per heavy atom. The van der Waals surface area contributed by atoms with E-state index in [0.717, 1.165) is 28.3 Å². The average Bonchev–Trinajstić information content (AvgIpc) is 2.38. The number of rotatable bonds is 4. The van der Waals surface area contributed by atoms with Gasteiger partial charge >= 0.3 is 0 Å². The molecule has 4 heteroatoms. The minimum absolute atomic E-state index is 0.125. The summed E-state index contributed by atoms with van der Waals surface area (Å²) in [5.41, 5.74) is 2.20. The van der Waals surface area contributed by atoms with Crippen molar-refractivity contribution in [1.82, 2.24) is 0 Å². The fourth-order valence-corrected chi connectivity index (χ4v) is 3.06. The van der Waals surface area contributed by atoms with Crippen molar-refractivity contribution < 1.29 is 4.74 Å². The predicted molar refractivity (Wildman–Crippen MR) is 84.8 cm³/mol. The van der Waals surface area contributed by atoms with Gasteiger partial charge in [0.05, 0.1) is 7.11 Å². The number of alkyl halides is 1. The Kier molecular flexibility index (Phi) is 5.14. The maximum atomic E-state index is 6.05. The molecule has 0 aliphatic heterocycles. The van der Waals surface area contributed by atoms with Crippen LogP contribution < -0.4 is 4.74 Å². The van der Waals surface area contributed by atoms with Gasteiger partial charge < -0.3 is 4.74 Å². The lowest BCUT2D eigenvalue weighted by molar-refractivity contribution is 0.409. The molecule has 0 aliphatic carbocycles. The second kappa shape index (κ2) is 6.65. The van der Waals surface area contributed by atoms with Crippen molar-refractivity contribution in [3.63, 3.8) is 0 Å². The molecular weight excluding hydrogens is 347 g/mol. The molecule has 0 aromatic heterocycles. The van der Waals surface area contributed by atoms with Gasteiger partial charge in [0, 0.05) is 20.4 Å². The highest BCUT2D eigenvalue weighted by molar-refractivity contribution is 9.09. The van der Waals surface area contributed by atoms with E-state index in [4.69, 9.17) is 27.9 Å². The van der Waals surface area contributed by atoms with E-state index in [2.05, 4.69) is 22.0 Å². The van der Waals surface area contributed by atoms with E-state index in [1.807, 2.05) is 36.4 Å². The molecule has 0 heterocycles. The lowest BCUT2D eigenvalue weighted by atomic mass is 10.0. The smallest absolute Gasteiger partial charge is 0.123 e. The van der Waals surface area contributed by atoms with Crippen LogP contribution in [0.2, 0.25) is 10.0 Å². The van der Waals surface area contributed by atoms with Crippen LogP contribution in [0.1, 0.15) is 16.0 Å². The quantitative estimate of drug-likeness (QED) is 0.638. The van der Waals surface area contributed by atoms with Gasteiger partial charge in [0.2, 0.25) is 0 Å². The van der Waals surface area contributed by atoms with Crippen LogP contribution in [-0.2, 0) is 6.42 Å². The molecule has 2 rings (SSSR count). The van der Waals surface area contributed by atoms with E-state index in [-0.39, 0.29) is 4.83 Å². The van der Waals surface area contributed by atoms with Crippen LogP contribution in [0.15, 0.2) is 42.5 Å². The second-order valence-corrected chi connectivity index (χ2v) is 6.17. The molecule has 19 heavy (non-hydrogen) atoms. The van der Waals surface area contributed by atoms with Gasteiger partial charge in [-0.25, -0.2) is 0 Å². The fraction of sp³-hybridized carbons (Fsp3) is 0.200. The highest BCUT2D eigenvalue weighted by Crippen LogP contribution is 2.35. The fourth-order valence-electron chi connectivity index (χ4n) is 1.93. The largest absolute Gasteiger partial charge is 0.496 e. The van der Waals surface area contributed by atoms with E-state index in [0.29, 0.717) is 5.02 Å². The summed E-state index contributed by atoms with van der Waals surface area (Å²) in [5.74, 6) is 0.827. The lowest BCUT2D eigenvalue weighted by Gasteiger charge is -2.15. The van der Waals surface area contributed by atoms with Gasteiger partial charge in [-0.05, 0) is 42.3 Å². The van der Waals surface area contributed by atoms with E-state index in [1.54, 1.807) is 7.11 Å². The normalized spacial score (nSPS) is 12.2. The standard InChI is InChI=1S/C15H13BrCl2O/c1-19-15-6-5-12(18)9-13(15)14(16)8-10-3-2-4-11(17)7-10/h2-7,9,14H,8H2,1H3. The van der Waals surface area contributed by atoms with Crippen LogP contribution in [0.5, 0.6) is 5.75 Å². The Hall–Kier alpha value is -0.700. The zero-order valence-corrected chi connectivity index (χ0v) is 13.5. The molecule has 0 N–H and O–H groups in total. The van der Waals surface area contributed by atoms with E-state index >= 15 is 0 Å². The third-order valence-electron chi connectivity index (χ3n) is 2.83. The summed E-state index contributed by atoms with van der Waals surface area (Å²) in [6.07, 6.45) is 0.817. The summed E-state index contributed by atoms with van der Waals surface area (Å²) in [7, 11) is 1.66. The van der Waals surface area contributed by atoms with Crippen LogP contribution >= 0.6 is 39.1 Å². The molecule has 0 bridgehead atoms. The van der Waals surface area contributed by atoms with E-state index in [9.17, 15) is 0 Å². The molecular formula is C15H13BrCl2O. The van der Waals surface area contributed by atoms with Crippen molar-refractivity contribution in [3.05, 3.63) is 63.6 Å². The van der Waals surface area contributed by atoms with E-state index < -0.39 is 0 Å². The molecule has 0 amide bonds. The monoisotopic (exact) mass is 358 g/mol. The average molecular weight is 360 g/mol. The van der Waals surface area contributed by atoms with Crippen molar-refractivity contribution in [2.75, 3.05) is 7.11 Å². The molecule has 0 saturated carbocycles. The first-order valence-electron chi connectivity index (χ1n) is 5.82. The zero-order valence-electron chi connectivity index (χ0n) is 10.4. The lowest BCUT2D eigenvalue weighted by Crippen LogP contribution is -1.99. The molecule has 0 spiro atoms. The molecule has 0 aliphatic rings. The number of hydrogen-bond acceptors (Lipinski definition) is 1. The number of hydrogen-bond donors (Lipinski definition) is 0. The van der Waals surface area contributed by atoms with Crippen molar-refractivity contribution in [2.24, 2.45) is 0 Å². The third kappa shape index (κ3) is 3.88. The SMILES string of the molecule is COc1ccc(Cl)cc1C(Br)Cc1cccc(Cl)c1. The molecule has 2 aromatic rings. The Bertz CT molecular complexity index is 572. The van der Waals surface area contributed by atoms with Crippen molar-refractivity contribution in [1.29, 1.82) is 0 Å². The highest BCUT2D eigenvalue weighted by Gasteiger charge is 2.14. The Balaban J connectivity index is 2.24. The molecule has 1 atom stereocenters. The van der Waals surface area contributed by atoms with Gasteiger partial charge in [0.1, 0.15) is 5.75 Å². The summed E-state index contributed by atoms with van der Waals surface area (Å²) in [5, 5.41) is 1.45. The molecule has 1 nitrogen and oxygen atoms in total. The first kappa shape index (κ1) is 14.7. The van der Waals surface area contributed by atoms with Crippen molar-refractivity contribution in [3.8, 4) is 5.75 Å². The van der Waals surface area contributed by atoms with Crippen LogP contribution in [0, 0.1) is 0 Å². The zero-order chi connectivity index (χ0) is 13.8. The summed E-state index contributed by atoms with van der Waals surface area (Å²) < 4.78 is 5.37. The van der Waals surface area contributed by atoms with Gasteiger partial charge in [0.25, 0.3) is 0 Å². The first-order valence-corrected chi connectivity index (χ1v) is 7.49. The van der Waals surface area contributed by atoms with E-state index in [1.165, 1.54) is 0 Å². The summed E-state index contributed by atoms with van der Waals surface area (Å²) in [4.78, 5) is 0.125. The number of ether oxygens (including phenoxy) is 1. The maximum absolute atomic E-state index is 6.05. The Morgan fingerprint density at radius 3 is 2.53 bits per heavy atom. The minimum atomic E-state index is 0.125. The first-order chi connectivity index (χ1) is 9.10. The van der Waals surface area contributed by atoms with Crippen LogP contribution in [0.4, 0.5) is 0 Å². The summed E-state index contributed by atoms with van der Waals surface area (Å²) in [6.45, 7) is 0. The van der Waals surface area contributed by atoms with Crippen LogP contribution in [0.25, 0.3) is 0 Å². The highest BCUT2D eigenvalue weighted by atomic mass is 79.9. The van der Waals surface area contributed by atoms with Crippen molar-refractivity contribution in [2.45, 2.75) is 11.2 Å². The molecule has 100 valence electrons. The van der Waals surface area contributed by atoms with Gasteiger partial charge in [-0.1, -0.05) is 51.3 Å². The molecule has 0 saturated heterocycles. The Morgan fingerprint density at radius 1 is 1.11 bits per heavy atom. The third-order valence-corrected chi connectivity index (χ3v) is 4.12. The van der Waals surface area contributed by atoms with Crippen LogP contribution in [0.3, 0.4) is 0 Å². The molecule has 0 radical (unpaired) electrons. The summed E-state index contributed by atoms with van der Waals surface area (Å²) >= 11 is 15.7. The minimum Gasteiger partial charge on any atom is -0.496 e. The van der Waals surface area contributed by atoms with Gasteiger partial charge in [-0.2, -0.15) is 0 Å². The van der Waals surface area contributed by atoms with Crippen LogP contribution in [-0.4, -0.2) is 7.11 Å². The van der Waals surface area contributed by atoms with Gasteiger partial charge in [-0.15, -0.1) is 0 Å². The summed E-state index contributed by atoms with van der Waals surface area (Å²) in [6, 6.07) is 13.5.